The quantitative estimate of drug-likeness (QED) is 0.827. The number of anilines is 1. The van der Waals surface area contributed by atoms with Crippen LogP contribution in [0.15, 0.2) is 22.6 Å². The van der Waals surface area contributed by atoms with Crippen LogP contribution in [0.4, 0.5) is 19.5 Å². The molecule has 0 unspecified atom stereocenters. The van der Waals surface area contributed by atoms with Crippen LogP contribution in [0.5, 0.6) is 11.5 Å². The monoisotopic (exact) mass is 341 g/mol. The van der Waals surface area contributed by atoms with Gasteiger partial charge in [0, 0.05) is 12.5 Å². The number of nitrogens with one attached hydrogen (secondary N) is 1. The number of benzene rings is 1. The molecule has 0 aliphatic rings. The molecular formula is C15H13F2NO6. The Kier molecular flexibility index (Phi) is 5.02. The minimum Gasteiger partial charge on any atom is -0.502 e. The minimum absolute atomic E-state index is 0.0308. The number of esters is 1. The van der Waals surface area contributed by atoms with Crippen molar-refractivity contribution in [1.29, 1.82) is 0 Å². The van der Waals surface area contributed by atoms with Gasteiger partial charge >= 0.3 is 12.1 Å². The van der Waals surface area contributed by atoms with E-state index in [0.717, 1.165) is 25.1 Å². The normalized spacial score (nSPS) is 10.3. The highest BCUT2D eigenvalue weighted by Gasteiger charge is 2.26. The zero-order valence-electron chi connectivity index (χ0n) is 12.7. The number of hydrogen-bond acceptors (Lipinski definition) is 6. The maximum atomic E-state index is 13.4. The van der Waals surface area contributed by atoms with Gasteiger partial charge in [-0.25, -0.2) is 13.6 Å². The van der Waals surface area contributed by atoms with Gasteiger partial charge in [-0.2, -0.15) is 0 Å². The fourth-order valence-corrected chi connectivity index (χ4v) is 1.82. The molecule has 0 saturated heterocycles. The molecule has 0 atom stereocenters. The van der Waals surface area contributed by atoms with Gasteiger partial charge in [-0.1, -0.05) is 0 Å². The molecule has 2 rings (SSSR count). The van der Waals surface area contributed by atoms with Crippen LogP contribution in [0, 0.1) is 11.6 Å². The van der Waals surface area contributed by atoms with Crippen molar-refractivity contribution in [2.45, 2.75) is 13.8 Å². The molecule has 9 heteroatoms. The smallest absolute Gasteiger partial charge is 0.414 e. The summed E-state index contributed by atoms with van der Waals surface area (Å²) in [5, 5.41) is 12.3. The molecule has 1 heterocycles. The number of aromatic hydroxyl groups is 1. The number of hydrogen-bond donors (Lipinski definition) is 2. The SMILES string of the molecule is CCOC(=O)Nc1oc(-c2ccc(F)c(F)c2)c(O)c1OC(C)=O. The Labute approximate surface area is 134 Å². The van der Waals surface area contributed by atoms with Gasteiger partial charge in [0.05, 0.1) is 6.61 Å². The van der Waals surface area contributed by atoms with Crippen LogP contribution in [0.2, 0.25) is 0 Å². The summed E-state index contributed by atoms with van der Waals surface area (Å²) in [5.41, 5.74) is -0.0308. The van der Waals surface area contributed by atoms with Crippen molar-refractivity contribution in [2.24, 2.45) is 0 Å². The van der Waals surface area contributed by atoms with Crippen LogP contribution in [0.1, 0.15) is 13.8 Å². The van der Waals surface area contributed by atoms with E-state index < -0.39 is 41.1 Å². The maximum Gasteiger partial charge on any atom is 0.414 e. The van der Waals surface area contributed by atoms with E-state index in [1.807, 2.05) is 0 Å². The third kappa shape index (κ3) is 3.62. The molecule has 2 aromatic rings. The Morgan fingerprint density at radius 2 is 2.00 bits per heavy atom. The average Bonchev–Trinajstić information content (AvgIpc) is 2.79. The van der Waals surface area contributed by atoms with Gasteiger partial charge in [-0.05, 0) is 25.1 Å². The summed E-state index contributed by atoms with van der Waals surface area (Å²) in [5.74, 6) is -4.93. The van der Waals surface area contributed by atoms with Crippen LogP contribution < -0.4 is 10.1 Å². The van der Waals surface area contributed by atoms with Gasteiger partial charge < -0.3 is 19.0 Å². The molecule has 0 spiro atoms. The lowest BCUT2D eigenvalue weighted by atomic mass is 10.1. The van der Waals surface area contributed by atoms with Gasteiger partial charge in [-0.3, -0.25) is 10.1 Å². The summed E-state index contributed by atoms with van der Waals surface area (Å²) in [6.07, 6.45) is -0.920. The molecule has 0 saturated carbocycles. The van der Waals surface area contributed by atoms with Crippen molar-refractivity contribution < 1.29 is 37.4 Å². The molecule has 0 aliphatic carbocycles. The van der Waals surface area contributed by atoms with Crippen molar-refractivity contribution in [3.63, 3.8) is 0 Å². The van der Waals surface area contributed by atoms with E-state index in [1.54, 1.807) is 6.92 Å². The Balaban J connectivity index is 2.48. The summed E-state index contributed by atoms with van der Waals surface area (Å²) >= 11 is 0. The second kappa shape index (κ2) is 6.99. The van der Waals surface area contributed by atoms with Crippen molar-refractivity contribution in [2.75, 3.05) is 11.9 Å². The highest BCUT2D eigenvalue weighted by Crippen LogP contribution is 2.46. The predicted octanol–water partition coefficient (Wildman–Crippen LogP) is 3.42. The molecule has 7 nitrogen and oxygen atoms in total. The van der Waals surface area contributed by atoms with Gasteiger partial charge in [0.1, 0.15) is 0 Å². The largest absolute Gasteiger partial charge is 0.502 e. The Bertz CT molecular complexity index is 787. The molecule has 1 aromatic carbocycles. The topological polar surface area (TPSA) is 98.0 Å². The summed E-state index contributed by atoms with van der Waals surface area (Å²) in [6, 6.07) is 2.75. The Morgan fingerprint density at radius 3 is 2.58 bits per heavy atom. The van der Waals surface area contributed by atoms with Gasteiger partial charge in [0.2, 0.25) is 11.5 Å². The van der Waals surface area contributed by atoms with Crippen molar-refractivity contribution >= 4 is 17.9 Å². The molecule has 0 bridgehead atoms. The molecule has 0 radical (unpaired) electrons. The zero-order chi connectivity index (χ0) is 17.9. The first-order valence-electron chi connectivity index (χ1n) is 6.76. The van der Waals surface area contributed by atoms with E-state index in [4.69, 9.17) is 9.15 Å². The maximum absolute atomic E-state index is 13.4. The van der Waals surface area contributed by atoms with E-state index in [-0.39, 0.29) is 17.9 Å². The van der Waals surface area contributed by atoms with Gasteiger partial charge in [0.15, 0.2) is 17.4 Å². The lowest BCUT2D eigenvalue weighted by Crippen LogP contribution is -2.14. The number of carbonyl (C=O) groups is 2. The van der Waals surface area contributed by atoms with Crippen molar-refractivity contribution in [1.82, 2.24) is 0 Å². The zero-order valence-corrected chi connectivity index (χ0v) is 12.7. The summed E-state index contributed by atoms with van der Waals surface area (Å²) in [7, 11) is 0. The fraction of sp³-hybridized carbons (Fsp3) is 0.200. The molecule has 128 valence electrons. The molecule has 0 aliphatic heterocycles. The van der Waals surface area contributed by atoms with E-state index in [0.29, 0.717) is 0 Å². The average molecular weight is 341 g/mol. The van der Waals surface area contributed by atoms with E-state index >= 15 is 0 Å². The molecule has 2 N–H and O–H groups in total. The van der Waals surface area contributed by atoms with Crippen LogP contribution in [0.3, 0.4) is 0 Å². The second-order valence-corrected chi connectivity index (χ2v) is 4.51. The number of carbonyl (C=O) groups excluding carboxylic acids is 2. The molecule has 0 fully saturated rings. The number of rotatable bonds is 4. The first-order chi connectivity index (χ1) is 11.3. The van der Waals surface area contributed by atoms with Crippen molar-refractivity contribution in [3.05, 3.63) is 29.8 Å². The van der Waals surface area contributed by atoms with Crippen LogP contribution in [0.25, 0.3) is 11.3 Å². The molecule has 1 amide bonds. The van der Waals surface area contributed by atoms with Crippen LogP contribution in [-0.4, -0.2) is 23.8 Å². The second-order valence-electron chi connectivity index (χ2n) is 4.51. The molecule has 1 aromatic heterocycles. The third-order valence-electron chi connectivity index (χ3n) is 2.76. The third-order valence-corrected chi connectivity index (χ3v) is 2.76. The number of ether oxygens (including phenoxy) is 2. The number of halogens is 2. The predicted molar refractivity (Wildman–Crippen MR) is 77.7 cm³/mol. The number of amides is 1. The van der Waals surface area contributed by atoms with Crippen LogP contribution in [-0.2, 0) is 9.53 Å². The van der Waals surface area contributed by atoms with Crippen molar-refractivity contribution in [3.8, 4) is 22.8 Å². The first kappa shape index (κ1) is 17.3. The van der Waals surface area contributed by atoms with E-state index in [2.05, 4.69) is 10.1 Å². The Hall–Kier alpha value is -3.10. The van der Waals surface area contributed by atoms with E-state index in [1.165, 1.54) is 0 Å². The highest BCUT2D eigenvalue weighted by molar-refractivity contribution is 5.89. The Morgan fingerprint density at radius 1 is 1.29 bits per heavy atom. The van der Waals surface area contributed by atoms with Crippen LogP contribution >= 0.6 is 0 Å². The van der Waals surface area contributed by atoms with Gasteiger partial charge in [-0.15, -0.1) is 0 Å². The summed E-state index contributed by atoms with van der Waals surface area (Å²) in [6.45, 7) is 2.70. The summed E-state index contributed by atoms with van der Waals surface area (Å²) in [4.78, 5) is 22.6. The highest BCUT2D eigenvalue weighted by atomic mass is 19.2. The minimum atomic E-state index is -1.17. The molecule has 24 heavy (non-hydrogen) atoms. The lowest BCUT2D eigenvalue weighted by Gasteiger charge is -2.04. The fourth-order valence-electron chi connectivity index (χ4n) is 1.82. The lowest BCUT2D eigenvalue weighted by molar-refractivity contribution is -0.132. The van der Waals surface area contributed by atoms with Gasteiger partial charge in [0.25, 0.3) is 5.88 Å². The first-order valence-corrected chi connectivity index (χ1v) is 6.76. The molecular weight excluding hydrogens is 328 g/mol. The standard InChI is InChI=1S/C15H13F2NO6/c1-3-22-15(21)18-14-13(23-7(2)19)11(20)12(24-14)8-4-5-9(16)10(17)6-8/h4-6,20H,3H2,1-2H3,(H,18,21). The summed E-state index contributed by atoms with van der Waals surface area (Å²) < 4.78 is 41.0. The van der Waals surface area contributed by atoms with E-state index in [9.17, 15) is 23.5 Å². The number of furan rings is 1.